The van der Waals surface area contributed by atoms with Crippen LogP contribution in [0.4, 0.5) is 4.39 Å². The van der Waals surface area contributed by atoms with Gasteiger partial charge in [-0.2, -0.15) is 0 Å². The molecule has 0 amide bonds. The number of hydrogen-bond acceptors (Lipinski definition) is 3. The fourth-order valence-corrected chi connectivity index (χ4v) is 3.45. The number of aryl methyl sites for hydroxylation is 2. The molecule has 0 aliphatic carbocycles. The van der Waals surface area contributed by atoms with E-state index in [1.165, 1.54) is 34.4 Å². The molecule has 1 aromatic carbocycles. The zero-order valence-electron chi connectivity index (χ0n) is 11.5. The highest BCUT2D eigenvalue weighted by molar-refractivity contribution is 7.18. The van der Waals surface area contributed by atoms with Gasteiger partial charge in [-0.1, -0.05) is 17.7 Å². The lowest BCUT2D eigenvalue weighted by Crippen LogP contribution is -2.21. The molecule has 3 aromatic rings. The molecule has 0 saturated carbocycles. The van der Waals surface area contributed by atoms with Gasteiger partial charge in [-0.3, -0.25) is 9.36 Å². The van der Waals surface area contributed by atoms with Crippen LogP contribution in [0.15, 0.2) is 29.3 Å². The molecule has 2 heterocycles. The lowest BCUT2D eigenvalue weighted by atomic mass is 10.2. The zero-order chi connectivity index (χ0) is 15.1. The van der Waals surface area contributed by atoms with Crippen molar-refractivity contribution in [3.05, 3.63) is 61.7 Å². The van der Waals surface area contributed by atoms with E-state index in [1.54, 1.807) is 6.07 Å². The molecule has 21 heavy (non-hydrogen) atoms. The Morgan fingerprint density at radius 3 is 2.86 bits per heavy atom. The van der Waals surface area contributed by atoms with Crippen LogP contribution in [0.5, 0.6) is 0 Å². The van der Waals surface area contributed by atoms with Crippen molar-refractivity contribution in [2.45, 2.75) is 20.4 Å². The lowest BCUT2D eigenvalue weighted by Gasteiger charge is -2.08. The Bertz CT molecular complexity index is 880. The Balaban J connectivity index is 2.16. The van der Waals surface area contributed by atoms with Crippen LogP contribution in [0.25, 0.3) is 10.2 Å². The smallest absolute Gasteiger partial charge is 0.262 e. The Labute approximate surface area is 129 Å². The Hall–Kier alpha value is -1.72. The molecule has 0 saturated heterocycles. The quantitative estimate of drug-likeness (QED) is 0.717. The molecule has 0 bridgehead atoms. The predicted octanol–water partition coefficient (Wildman–Crippen LogP) is 3.92. The van der Waals surface area contributed by atoms with Crippen LogP contribution in [-0.4, -0.2) is 9.55 Å². The van der Waals surface area contributed by atoms with E-state index >= 15 is 0 Å². The third kappa shape index (κ3) is 2.36. The third-order valence-corrected chi connectivity index (χ3v) is 5.02. The van der Waals surface area contributed by atoms with Crippen LogP contribution < -0.4 is 5.56 Å². The number of fused-ring (bicyclic) bond motifs is 1. The first-order chi connectivity index (χ1) is 9.99. The van der Waals surface area contributed by atoms with Crippen molar-refractivity contribution in [2.24, 2.45) is 0 Å². The highest BCUT2D eigenvalue weighted by atomic mass is 35.5. The molecule has 0 unspecified atom stereocenters. The highest BCUT2D eigenvalue weighted by Gasteiger charge is 2.14. The van der Waals surface area contributed by atoms with E-state index in [9.17, 15) is 9.18 Å². The summed E-state index contributed by atoms with van der Waals surface area (Å²) in [5, 5.41) is 0.910. The number of hydrogen-bond donors (Lipinski definition) is 0. The second-order valence-corrected chi connectivity index (χ2v) is 6.45. The zero-order valence-corrected chi connectivity index (χ0v) is 13.1. The molecule has 2 aromatic heterocycles. The van der Waals surface area contributed by atoms with Gasteiger partial charge >= 0.3 is 0 Å². The van der Waals surface area contributed by atoms with Gasteiger partial charge in [0.2, 0.25) is 0 Å². The summed E-state index contributed by atoms with van der Waals surface area (Å²) in [4.78, 5) is 18.6. The Morgan fingerprint density at radius 1 is 1.38 bits per heavy atom. The van der Waals surface area contributed by atoms with Crippen LogP contribution in [0.2, 0.25) is 5.02 Å². The summed E-state index contributed by atoms with van der Waals surface area (Å²) in [6.45, 7) is 3.93. The topological polar surface area (TPSA) is 34.9 Å². The number of aromatic nitrogens is 2. The van der Waals surface area contributed by atoms with E-state index in [0.29, 0.717) is 20.8 Å². The van der Waals surface area contributed by atoms with E-state index in [2.05, 4.69) is 4.98 Å². The number of nitrogens with zero attached hydrogens (tertiary/aromatic N) is 2. The largest absolute Gasteiger partial charge is 0.294 e. The molecule has 6 heteroatoms. The second-order valence-electron chi connectivity index (χ2n) is 4.84. The van der Waals surface area contributed by atoms with Crippen LogP contribution >= 0.6 is 22.9 Å². The molecule has 0 spiro atoms. The highest BCUT2D eigenvalue weighted by Crippen LogP contribution is 2.26. The van der Waals surface area contributed by atoms with E-state index in [4.69, 9.17) is 11.6 Å². The van der Waals surface area contributed by atoms with Gasteiger partial charge in [0.15, 0.2) is 0 Å². The first kappa shape index (κ1) is 14.2. The number of rotatable bonds is 2. The summed E-state index contributed by atoms with van der Waals surface area (Å²) in [5.74, 6) is -0.423. The monoisotopic (exact) mass is 322 g/mol. The molecular weight excluding hydrogens is 311 g/mol. The fraction of sp³-hybridized carbons (Fsp3) is 0.200. The molecular formula is C15H12ClFN2OS. The molecule has 0 fully saturated rings. The van der Waals surface area contributed by atoms with Crippen molar-refractivity contribution >= 4 is 33.2 Å². The van der Waals surface area contributed by atoms with Gasteiger partial charge < -0.3 is 0 Å². The van der Waals surface area contributed by atoms with Crippen molar-refractivity contribution in [1.29, 1.82) is 0 Å². The van der Waals surface area contributed by atoms with Crippen LogP contribution in [0.3, 0.4) is 0 Å². The molecule has 0 atom stereocenters. The van der Waals surface area contributed by atoms with E-state index in [0.717, 1.165) is 10.4 Å². The molecule has 0 radical (unpaired) electrons. The van der Waals surface area contributed by atoms with Crippen LogP contribution in [-0.2, 0) is 6.54 Å². The molecule has 0 aliphatic heterocycles. The number of halogens is 2. The van der Waals surface area contributed by atoms with Gasteiger partial charge in [0.05, 0.1) is 18.3 Å². The summed E-state index contributed by atoms with van der Waals surface area (Å²) in [5.41, 5.74) is 1.06. The average molecular weight is 323 g/mol. The molecule has 3 nitrogen and oxygen atoms in total. The first-order valence-electron chi connectivity index (χ1n) is 6.37. The van der Waals surface area contributed by atoms with Gasteiger partial charge in [0, 0.05) is 15.5 Å². The van der Waals surface area contributed by atoms with Crippen molar-refractivity contribution < 1.29 is 4.39 Å². The normalized spacial score (nSPS) is 11.2. The van der Waals surface area contributed by atoms with E-state index in [1.807, 2.05) is 13.8 Å². The molecule has 0 N–H and O–H groups in total. The van der Waals surface area contributed by atoms with Gasteiger partial charge in [-0.25, -0.2) is 9.37 Å². The van der Waals surface area contributed by atoms with Gasteiger partial charge in [-0.05, 0) is 31.5 Å². The SMILES string of the molecule is Cc1sc2ncn(Cc3c(F)cccc3Cl)c(=O)c2c1C. The summed E-state index contributed by atoms with van der Waals surface area (Å²) in [7, 11) is 0. The summed E-state index contributed by atoms with van der Waals surface area (Å²) >= 11 is 7.50. The minimum absolute atomic E-state index is 0.0710. The van der Waals surface area contributed by atoms with E-state index in [-0.39, 0.29) is 12.1 Å². The van der Waals surface area contributed by atoms with Gasteiger partial charge in [0.1, 0.15) is 10.6 Å². The standard InChI is InChI=1S/C15H12ClFN2OS/c1-8-9(2)21-14-13(8)15(20)19(7-18-14)6-10-11(16)4-3-5-12(10)17/h3-5,7H,6H2,1-2H3. The summed E-state index contributed by atoms with van der Waals surface area (Å²) < 4.78 is 15.2. The van der Waals surface area contributed by atoms with Crippen LogP contribution in [0, 0.1) is 19.7 Å². The molecule has 108 valence electrons. The molecule has 3 rings (SSSR count). The van der Waals surface area contributed by atoms with Crippen molar-refractivity contribution in [2.75, 3.05) is 0 Å². The van der Waals surface area contributed by atoms with Gasteiger partial charge in [-0.15, -0.1) is 11.3 Å². The molecule has 0 aliphatic rings. The Morgan fingerprint density at radius 2 is 2.14 bits per heavy atom. The lowest BCUT2D eigenvalue weighted by molar-refractivity contribution is 0.595. The minimum Gasteiger partial charge on any atom is -0.294 e. The minimum atomic E-state index is -0.423. The van der Waals surface area contributed by atoms with Crippen molar-refractivity contribution in [3.63, 3.8) is 0 Å². The predicted molar refractivity (Wildman–Crippen MR) is 83.9 cm³/mol. The maximum atomic E-state index is 13.8. The maximum Gasteiger partial charge on any atom is 0.262 e. The van der Waals surface area contributed by atoms with Crippen LogP contribution in [0.1, 0.15) is 16.0 Å². The average Bonchev–Trinajstić information content (AvgIpc) is 2.73. The fourth-order valence-electron chi connectivity index (χ4n) is 2.24. The second kappa shape index (κ2) is 5.24. The van der Waals surface area contributed by atoms with Gasteiger partial charge in [0.25, 0.3) is 5.56 Å². The van der Waals surface area contributed by atoms with Crippen molar-refractivity contribution in [1.82, 2.24) is 9.55 Å². The van der Waals surface area contributed by atoms with Crippen molar-refractivity contribution in [3.8, 4) is 0 Å². The third-order valence-electron chi connectivity index (χ3n) is 3.55. The summed E-state index contributed by atoms with van der Waals surface area (Å²) in [6, 6.07) is 4.48. The Kier molecular flexibility index (Phi) is 3.55. The summed E-state index contributed by atoms with van der Waals surface area (Å²) in [6.07, 6.45) is 1.45. The first-order valence-corrected chi connectivity index (χ1v) is 7.56. The number of benzene rings is 1. The number of thiophene rings is 1. The van der Waals surface area contributed by atoms with E-state index < -0.39 is 5.82 Å². The maximum absolute atomic E-state index is 13.8.